The molecule has 0 aromatic heterocycles. The first-order valence-electron chi connectivity index (χ1n) is 10.6. The van der Waals surface area contributed by atoms with E-state index >= 15 is 0 Å². The van der Waals surface area contributed by atoms with Gasteiger partial charge < -0.3 is 14.8 Å². The minimum absolute atomic E-state index is 0.403. The molecule has 0 radical (unpaired) electrons. The van der Waals surface area contributed by atoms with E-state index in [0.717, 1.165) is 27.4 Å². The van der Waals surface area contributed by atoms with Gasteiger partial charge in [-0.1, -0.05) is 71.7 Å². The molecule has 0 bridgehead atoms. The summed E-state index contributed by atoms with van der Waals surface area (Å²) in [6.07, 6.45) is 0. The zero-order chi connectivity index (χ0) is 22.5. The van der Waals surface area contributed by atoms with Crippen molar-refractivity contribution in [1.29, 1.82) is 0 Å². The lowest BCUT2D eigenvalue weighted by Gasteiger charge is -2.17. The highest BCUT2D eigenvalue weighted by molar-refractivity contribution is 6.32. The molecule has 0 heterocycles. The van der Waals surface area contributed by atoms with Gasteiger partial charge in [0.2, 0.25) is 0 Å². The van der Waals surface area contributed by atoms with Crippen LogP contribution in [0.25, 0.3) is 10.8 Å². The lowest BCUT2D eigenvalue weighted by molar-refractivity contribution is 0.270. The standard InChI is InChI=1S/C27H25Cl2NO2/c1-3-31-26-15-19(16-30-25-13-7-12-23(28)18(25)2)14-24(29)27(26)32-17-21-10-6-9-20-8-4-5-11-22(20)21/h4-15,30H,3,16-17H2,1-2H3. The second kappa shape index (κ2) is 10.2. The summed E-state index contributed by atoms with van der Waals surface area (Å²) < 4.78 is 12.0. The van der Waals surface area contributed by atoms with Crippen LogP contribution in [-0.2, 0) is 13.2 Å². The van der Waals surface area contributed by atoms with Gasteiger partial charge in [-0.25, -0.2) is 0 Å². The molecule has 164 valence electrons. The number of halogens is 2. The maximum Gasteiger partial charge on any atom is 0.180 e. The predicted molar refractivity (Wildman–Crippen MR) is 134 cm³/mol. The highest BCUT2D eigenvalue weighted by Gasteiger charge is 2.14. The van der Waals surface area contributed by atoms with Crippen molar-refractivity contribution < 1.29 is 9.47 Å². The normalized spacial score (nSPS) is 10.9. The molecule has 0 aliphatic heterocycles. The van der Waals surface area contributed by atoms with E-state index in [2.05, 4.69) is 29.6 Å². The number of benzene rings is 4. The second-order valence-electron chi connectivity index (χ2n) is 7.53. The fourth-order valence-electron chi connectivity index (χ4n) is 3.69. The lowest BCUT2D eigenvalue weighted by atomic mass is 10.1. The topological polar surface area (TPSA) is 30.5 Å². The van der Waals surface area contributed by atoms with Gasteiger partial charge in [0.25, 0.3) is 0 Å². The van der Waals surface area contributed by atoms with Gasteiger partial charge in [-0.05, 0) is 65.6 Å². The summed E-state index contributed by atoms with van der Waals surface area (Å²) in [4.78, 5) is 0. The van der Waals surface area contributed by atoms with E-state index in [9.17, 15) is 0 Å². The van der Waals surface area contributed by atoms with E-state index in [-0.39, 0.29) is 0 Å². The van der Waals surface area contributed by atoms with Crippen LogP contribution in [0.15, 0.2) is 72.8 Å². The molecule has 5 heteroatoms. The first kappa shape index (κ1) is 22.3. The van der Waals surface area contributed by atoms with Crippen LogP contribution in [0.1, 0.15) is 23.6 Å². The van der Waals surface area contributed by atoms with Crippen LogP contribution in [0.5, 0.6) is 11.5 Å². The number of anilines is 1. The molecule has 1 N–H and O–H groups in total. The van der Waals surface area contributed by atoms with Crippen molar-refractivity contribution in [3.63, 3.8) is 0 Å². The molecule has 32 heavy (non-hydrogen) atoms. The fraction of sp³-hybridized carbons (Fsp3) is 0.185. The van der Waals surface area contributed by atoms with Gasteiger partial charge in [-0.15, -0.1) is 0 Å². The van der Waals surface area contributed by atoms with E-state index in [4.69, 9.17) is 32.7 Å². The van der Waals surface area contributed by atoms with Gasteiger partial charge in [0, 0.05) is 17.3 Å². The Balaban J connectivity index is 1.55. The maximum atomic E-state index is 6.64. The quantitative estimate of drug-likeness (QED) is 0.285. The van der Waals surface area contributed by atoms with Crippen molar-refractivity contribution in [2.24, 2.45) is 0 Å². The average molecular weight is 466 g/mol. The molecule has 4 aromatic rings. The Morgan fingerprint density at radius 1 is 0.844 bits per heavy atom. The Bertz CT molecular complexity index is 1230. The number of nitrogens with one attached hydrogen (secondary N) is 1. The van der Waals surface area contributed by atoms with Gasteiger partial charge in [0.05, 0.1) is 11.6 Å². The lowest BCUT2D eigenvalue weighted by Crippen LogP contribution is -2.05. The van der Waals surface area contributed by atoms with Crippen molar-refractivity contribution in [3.05, 3.63) is 99.5 Å². The number of fused-ring (bicyclic) bond motifs is 1. The van der Waals surface area contributed by atoms with E-state index < -0.39 is 0 Å². The van der Waals surface area contributed by atoms with E-state index in [1.54, 1.807) is 0 Å². The zero-order valence-electron chi connectivity index (χ0n) is 18.1. The van der Waals surface area contributed by atoms with Gasteiger partial charge in [-0.3, -0.25) is 0 Å². The Hall–Kier alpha value is -2.88. The van der Waals surface area contributed by atoms with E-state index in [1.165, 1.54) is 10.8 Å². The Kier molecular flexibility index (Phi) is 7.09. The highest BCUT2D eigenvalue weighted by Crippen LogP contribution is 2.38. The molecule has 0 atom stereocenters. The molecule has 0 spiro atoms. The van der Waals surface area contributed by atoms with E-state index in [1.807, 2.05) is 62.4 Å². The van der Waals surface area contributed by atoms with Crippen LogP contribution in [0.2, 0.25) is 10.0 Å². The largest absolute Gasteiger partial charge is 0.490 e. The minimum Gasteiger partial charge on any atom is -0.490 e. The first-order chi connectivity index (χ1) is 15.6. The molecule has 0 fully saturated rings. The van der Waals surface area contributed by atoms with Gasteiger partial charge >= 0.3 is 0 Å². The highest BCUT2D eigenvalue weighted by atomic mass is 35.5. The molecule has 0 aliphatic rings. The third kappa shape index (κ3) is 4.95. The van der Waals surface area contributed by atoms with Crippen LogP contribution in [0.3, 0.4) is 0 Å². The van der Waals surface area contributed by atoms with Crippen LogP contribution >= 0.6 is 23.2 Å². The molecule has 0 unspecified atom stereocenters. The molecule has 0 saturated carbocycles. The smallest absolute Gasteiger partial charge is 0.180 e. The van der Waals surface area contributed by atoms with Gasteiger partial charge in [0.15, 0.2) is 11.5 Å². The summed E-state index contributed by atoms with van der Waals surface area (Å²) >= 11 is 12.9. The third-order valence-electron chi connectivity index (χ3n) is 5.37. The molecule has 0 amide bonds. The summed E-state index contributed by atoms with van der Waals surface area (Å²) in [6, 6.07) is 24.2. The van der Waals surface area contributed by atoms with Crippen LogP contribution < -0.4 is 14.8 Å². The zero-order valence-corrected chi connectivity index (χ0v) is 19.6. The molecule has 0 aliphatic carbocycles. The van der Waals surface area contributed by atoms with Crippen LogP contribution in [0.4, 0.5) is 5.69 Å². The van der Waals surface area contributed by atoms with Crippen LogP contribution in [0, 0.1) is 6.92 Å². The van der Waals surface area contributed by atoms with Crippen molar-refractivity contribution in [2.45, 2.75) is 27.0 Å². The molecule has 4 aromatic carbocycles. The number of hydrogen-bond donors (Lipinski definition) is 1. The monoisotopic (exact) mass is 465 g/mol. The summed E-state index contributed by atoms with van der Waals surface area (Å²) in [6.45, 7) is 5.45. The number of hydrogen-bond acceptors (Lipinski definition) is 3. The van der Waals surface area contributed by atoms with Crippen molar-refractivity contribution in [1.82, 2.24) is 0 Å². The van der Waals surface area contributed by atoms with Crippen molar-refractivity contribution >= 4 is 39.7 Å². The molecule has 0 saturated heterocycles. The third-order valence-corrected chi connectivity index (χ3v) is 6.06. The Morgan fingerprint density at radius 3 is 2.47 bits per heavy atom. The fourth-order valence-corrected chi connectivity index (χ4v) is 4.15. The van der Waals surface area contributed by atoms with E-state index in [0.29, 0.717) is 36.3 Å². The molecule has 4 rings (SSSR count). The Morgan fingerprint density at radius 2 is 1.62 bits per heavy atom. The van der Waals surface area contributed by atoms with Crippen molar-refractivity contribution in [3.8, 4) is 11.5 Å². The summed E-state index contributed by atoms with van der Waals surface area (Å²) in [5, 5.41) is 7.04. The van der Waals surface area contributed by atoms with Gasteiger partial charge in [-0.2, -0.15) is 0 Å². The summed E-state index contributed by atoms with van der Waals surface area (Å²) in [5.41, 5.74) is 4.10. The van der Waals surface area contributed by atoms with Crippen LogP contribution in [-0.4, -0.2) is 6.61 Å². The summed E-state index contributed by atoms with van der Waals surface area (Å²) in [7, 11) is 0. The Labute approximate surface area is 198 Å². The minimum atomic E-state index is 0.403. The van der Waals surface area contributed by atoms with Gasteiger partial charge in [0.1, 0.15) is 6.61 Å². The predicted octanol–water partition coefficient (Wildman–Crippen LogP) is 8.04. The maximum absolute atomic E-state index is 6.64. The second-order valence-corrected chi connectivity index (χ2v) is 8.35. The number of rotatable bonds is 8. The first-order valence-corrected chi connectivity index (χ1v) is 11.4. The molecular formula is C27H25Cl2NO2. The average Bonchev–Trinajstić information content (AvgIpc) is 2.80. The number of ether oxygens (including phenoxy) is 2. The summed E-state index contributed by atoms with van der Waals surface area (Å²) in [5.74, 6) is 1.20. The SMILES string of the molecule is CCOc1cc(CNc2cccc(Cl)c2C)cc(Cl)c1OCc1cccc2ccccc12. The van der Waals surface area contributed by atoms with Crippen molar-refractivity contribution in [2.75, 3.05) is 11.9 Å². The molecular weight excluding hydrogens is 441 g/mol. The molecule has 3 nitrogen and oxygen atoms in total.